The summed E-state index contributed by atoms with van der Waals surface area (Å²) in [5.74, 6) is 0. The fourth-order valence-corrected chi connectivity index (χ4v) is 0.755. The topological polar surface area (TPSA) is 54.9 Å². The lowest BCUT2D eigenvalue weighted by Crippen LogP contribution is -2.37. The van der Waals surface area contributed by atoms with Crippen LogP contribution in [0.3, 0.4) is 0 Å². The smallest absolute Gasteiger partial charge is 0.274 e. The molecular formula is C6H5F3N2O2. The van der Waals surface area contributed by atoms with Crippen LogP contribution in [-0.2, 0) is 6.30 Å². The van der Waals surface area contributed by atoms with Crippen LogP contribution in [0.2, 0.25) is 0 Å². The fraction of sp³-hybridized carbons (Fsp3) is 0.333. The molecule has 0 aromatic carbocycles. The van der Waals surface area contributed by atoms with Crippen LogP contribution in [0, 0.1) is 6.92 Å². The molecule has 0 spiro atoms. The van der Waals surface area contributed by atoms with Gasteiger partial charge in [0.25, 0.3) is 5.56 Å². The summed E-state index contributed by atoms with van der Waals surface area (Å²) in [5.41, 5.74) is -2.47. The summed E-state index contributed by atoms with van der Waals surface area (Å²) in [6.45, 7) is 1.18. The predicted molar refractivity (Wildman–Crippen MR) is 37.4 cm³/mol. The molecule has 0 atom stereocenters. The molecule has 0 saturated heterocycles. The number of H-pyrrole nitrogens is 1. The molecule has 72 valence electrons. The molecule has 7 heteroatoms. The van der Waals surface area contributed by atoms with Crippen LogP contribution in [0.5, 0.6) is 0 Å². The van der Waals surface area contributed by atoms with Gasteiger partial charge in [-0.15, -0.1) is 13.2 Å². The number of halogens is 3. The van der Waals surface area contributed by atoms with Crippen molar-refractivity contribution in [2.75, 3.05) is 0 Å². The molecule has 1 aromatic rings. The van der Waals surface area contributed by atoms with Gasteiger partial charge in [-0.3, -0.25) is 9.78 Å². The molecule has 0 aliphatic heterocycles. The van der Waals surface area contributed by atoms with Crippen LogP contribution in [0.4, 0.5) is 13.2 Å². The molecule has 1 N–H and O–H groups in total. The summed E-state index contributed by atoms with van der Waals surface area (Å²) in [4.78, 5) is 22.9. The number of aromatic nitrogens is 2. The SMILES string of the molecule is Cc1cn(C(F)(F)F)c(=O)[nH]c1=O. The highest BCUT2D eigenvalue weighted by molar-refractivity contribution is 5.01. The van der Waals surface area contributed by atoms with Gasteiger partial charge in [-0.05, 0) is 6.92 Å². The third kappa shape index (κ3) is 1.79. The summed E-state index contributed by atoms with van der Waals surface area (Å²) in [5, 5.41) is 0. The van der Waals surface area contributed by atoms with Gasteiger partial charge in [-0.1, -0.05) is 0 Å². The Kier molecular flexibility index (Phi) is 2.02. The van der Waals surface area contributed by atoms with Crippen LogP contribution in [-0.4, -0.2) is 9.55 Å². The van der Waals surface area contributed by atoms with E-state index >= 15 is 0 Å². The van der Waals surface area contributed by atoms with Gasteiger partial charge < -0.3 is 0 Å². The standard InChI is InChI=1S/C6H5F3N2O2/c1-3-2-11(6(7,8)9)5(13)10-4(3)12/h2H,1H3,(H,10,12,13). The highest BCUT2D eigenvalue weighted by Gasteiger charge is 2.32. The van der Waals surface area contributed by atoms with Gasteiger partial charge in [0.05, 0.1) is 0 Å². The lowest BCUT2D eigenvalue weighted by molar-refractivity contribution is -0.207. The van der Waals surface area contributed by atoms with Crippen molar-refractivity contribution in [1.82, 2.24) is 9.55 Å². The normalized spacial score (nSPS) is 11.7. The molecule has 0 saturated carbocycles. The molecule has 13 heavy (non-hydrogen) atoms. The molecule has 0 radical (unpaired) electrons. The van der Waals surface area contributed by atoms with E-state index in [1.54, 1.807) is 4.98 Å². The van der Waals surface area contributed by atoms with E-state index in [4.69, 9.17) is 0 Å². The van der Waals surface area contributed by atoms with E-state index in [0.717, 1.165) is 0 Å². The van der Waals surface area contributed by atoms with Crippen molar-refractivity contribution >= 4 is 0 Å². The minimum absolute atomic E-state index is 0.170. The van der Waals surface area contributed by atoms with Crippen molar-refractivity contribution in [2.24, 2.45) is 0 Å². The molecule has 0 aliphatic rings. The zero-order valence-corrected chi connectivity index (χ0v) is 6.47. The number of nitrogens with zero attached hydrogens (tertiary/aromatic N) is 1. The summed E-state index contributed by atoms with van der Waals surface area (Å²) in [6, 6.07) is 0. The van der Waals surface area contributed by atoms with Gasteiger partial charge >= 0.3 is 12.0 Å². The molecular weight excluding hydrogens is 189 g/mol. The maximum absolute atomic E-state index is 12.0. The first-order valence-corrected chi connectivity index (χ1v) is 3.22. The van der Waals surface area contributed by atoms with E-state index in [9.17, 15) is 22.8 Å². The summed E-state index contributed by atoms with van der Waals surface area (Å²) < 4.78 is 35.5. The average Bonchev–Trinajstić information content (AvgIpc) is 1.94. The van der Waals surface area contributed by atoms with Crippen LogP contribution in [0.15, 0.2) is 15.8 Å². The Bertz CT molecular complexity index is 429. The van der Waals surface area contributed by atoms with Gasteiger partial charge in [0.1, 0.15) is 0 Å². The Labute approximate surface area is 69.6 Å². The van der Waals surface area contributed by atoms with Crippen molar-refractivity contribution in [2.45, 2.75) is 13.2 Å². The first-order chi connectivity index (χ1) is 5.82. The van der Waals surface area contributed by atoms with Crippen LogP contribution in [0.25, 0.3) is 0 Å². The molecule has 0 bridgehead atoms. The van der Waals surface area contributed by atoms with Gasteiger partial charge in [0.2, 0.25) is 0 Å². The number of aryl methyl sites for hydroxylation is 1. The van der Waals surface area contributed by atoms with E-state index in [0.29, 0.717) is 6.20 Å². The average molecular weight is 194 g/mol. The van der Waals surface area contributed by atoms with Crippen molar-refractivity contribution in [3.05, 3.63) is 32.6 Å². The van der Waals surface area contributed by atoms with Crippen molar-refractivity contribution in [3.8, 4) is 0 Å². The second-order valence-corrected chi connectivity index (χ2v) is 2.41. The van der Waals surface area contributed by atoms with Crippen molar-refractivity contribution in [1.29, 1.82) is 0 Å². The van der Waals surface area contributed by atoms with Gasteiger partial charge in [0.15, 0.2) is 0 Å². The first kappa shape index (κ1) is 9.56. The maximum atomic E-state index is 12.0. The number of rotatable bonds is 0. The minimum atomic E-state index is -4.80. The van der Waals surface area contributed by atoms with Crippen molar-refractivity contribution < 1.29 is 13.2 Å². The largest absolute Gasteiger partial charge is 0.492 e. The second-order valence-electron chi connectivity index (χ2n) is 2.41. The zero-order chi connectivity index (χ0) is 10.2. The number of hydrogen-bond acceptors (Lipinski definition) is 2. The number of alkyl halides is 3. The molecule has 0 aliphatic carbocycles. The molecule has 1 rings (SSSR count). The number of hydrogen-bond donors (Lipinski definition) is 1. The Morgan fingerprint density at radius 1 is 1.38 bits per heavy atom. The molecule has 0 unspecified atom stereocenters. The first-order valence-electron chi connectivity index (χ1n) is 3.22. The maximum Gasteiger partial charge on any atom is 0.492 e. The Morgan fingerprint density at radius 2 is 1.92 bits per heavy atom. The number of aromatic amines is 1. The third-order valence-electron chi connectivity index (χ3n) is 1.39. The molecule has 0 fully saturated rings. The van der Waals surface area contributed by atoms with Gasteiger partial charge in [-0.25, -0.2) is 9.36 Å². The molecule has 4 nitrogen and oxygen atoms in total. The minimum Gasteiger partial charge on any atom is -0.274 e. The van der Waals surface area contributed by atoms with E-state index in [1.807, 2.05) is 0 Å². The van der Waals surface area contributed by atoms with Crippen LogP contribution >= 0.6 is 0 Å². The number of nitrogens with one attached hydrogen (secondary N) is 1. The highest BCUT2D eigenvalue weighted by Crippen LogP contribution is 2.18. The van der Waals surface area contributed by atoms with Crippen molar-refractivity contribution in [3.63, 3.8) is 0 Å². The van der Waals surface area contributed by atoms with E-state index < -0.39 is 22.1 Å². The zero-order valence-electron chi connectivity index (χ0n) is 6.47. The Hall–Kier alpha value is -1.53. The van der Waals surface area contributed by atoms with Gasteiger partial charge in [0, 0.05) is 11.8 Å². The quantitative estimate of drug-likeness (QED) is 0.646. The molecule has 1 heterocycles. The summed E-state index contributed by atoms with van der Waals surface area (Å²) in [6.07, 6.45) is -4.34. The Morgan fingerprint density at radius 3 is 2.38 bits per heavy atom. The lowest BCUT2D eigenvalue weighted by Gasteiger charge is -2.08. The second kappa shape index (κ2) is 2.75. The molecule has 1 aromatic heterocycles. The van der Waals surface area contributed by atoms with Crippen LogP contribution in [0.1, 0.15) is 5.56 Å². The Balaban J connectivity index is 3.51. The van der Waals surface area contributed by atoms with E-state index in [2.05, 4.69) is 0 Å². The van der Waals surface area contributed by atoms with E-state index in [-0.39, 0.29) is 5.56 Å². The predicted octanol–water partition coefficient (Wildman–Crippen LogP) is 0.321. The third-order valence-corrected chi connectivity index (χ3v) is 1.39. The highest BCUT2D eigenvalue weighted by atomic mass is 19.4. The van der Waals surface area contributed by atoms with E-state index in [1.165, 1.54) is 6.92 Å². The summed E-state index contributed by atoms with van der Waals surface area (Å²) in [7, 11) is 0. The lowest BCUT2D eigenvalue weighted by atomic mass is 10.4. The monoisotopic (exact) mass is 194 g/mol. The van der Waals surface area contributed by atoms with Gasteiger partial charge in [-0.2, -0.15) is 0 Å². The fourth-order valence-electron chi connectivity index (χ4n) is 0.755. The van der Waals surface area contributed by atoms with Crippen LogP contribution < -0.4 is 11.2 Å². The summed E-state index contributed by atoms with van der Waals surface area (Å²) >= 11 is 0. The molecule has 0 amide bonds.